The Balaban J connectivity index is 1.73. The van der Waals surface area contributed by atoms with Crippen LogP contribution in [-0.4, -0.2) is 63.3 Å². The molecule has 0 unspecified atom stereocenters. The summed E-state index contributed by atoms with van der Waals surface area (Å²) in [6, 6.07) is -0.257. The molecule has 0 radical (unpaired) electrons. The van der Waals surface area contributed by atoms with Crippen molar-refractivity contribution in [1.29, 1.82) is 0 Å². The molecule has 0 bridgehead atoms. The molecule has 108 valence electrons. The fourth-order valence-electron chi connectivity index (χ4n) is 2.57. The lowest BCUT2D eigenvalue weighted by Gasteiger charge is -2.25. The van der Waals surface area contributed by atoms with E-state index in [9.17, 15) is 9.90 Å². The Morgan fingerprint density at radius 1 is 1.50 bits per heavy atom. The van der Waals surface area contributed by atoms with E-state index >= 15 is 0 Å². The van der Waals surface area contributed by atoms with Crippen molar-refractivity contribution in [1.82, 2.24) is 19.9 Å². The van der Waals surface area contributed by atoms with Crippen LogP contribution in [0, 0.1) is 0 Å². The van der Waals surface area contributed by atoms with Crippen LogP contribution in [0.5, 0.6) is 0 Å². The number of aliphatic hydroxyl groups is 1. The molecule has 1 N–H and O–H groups in total. The lowest BCUT2D eigenvalue weighted by Crippen LogP contribution is -2.35. The summed E-state index contributed by atoms with van der Waals surface area (Å²) in [7, 11) is 0. The Bertz CT molecular complexity index is 539. The highest BCUT2D eigenvalue weighted by atomic mass is 16.5. The normalized spacial score (nSPS) is 26.7. The van der Waals surface area contributed by atoms with Crippen molar-refractivity contribution in [2.75, 3.05) is 26.3 Å². The minimum Gasteiger partial charge on any atom is -0.388 e. The maximum atomic E-state index is 12.3. The van der Waals surface area contributed by atoms with Crippen molar-refractivity contribution in [2.24, 2.45) is 0 Å². The van der Waals surface area contributed by atoms with Crippen LogP contribution in [0.2, 0.25) is 0 Å². The third-order valence-corrected chi connectivity index (χ3v) is 3.71. The number of hydrogen-bond donors (Lipinski definition) is 1. The van der Waals surface area contributed by atoms with E-state index in [0.717, 1.165) is 6.42 Å². The van der Waals surface area contributed by atoms with Gasteiger partial charge in [-0.3, -0.25) is 4.79 Å². The molecule has 1 fully saturated rings. The van der Waals surface area contributed by atoms with Crippen molar-refractivity contribution in [3.8, 4) is 0 Å². The number of ether oxygens (including phenoxy) is 1. The molecule has 7 heteroatoms. The first-order valence-corrected chi connectivity index (χ1v) is 6.77. The molecule has 3 rings (SSSR count). The van der Waals surface area contributed by atoms with Crippen LogP contribution in [0.3, 0.4) is 0 Å². The van der Waals surface area contributed by atoms with Gasteiger partial charge < -0.3 is 14.7 Å². The molecule has 3 heterocycles. The van der Waals surface area contributed by atoms with Gasteiger partial charge in [0.15, 0.2) is 5.69 Å². The molecule has 2 atom stereocenters. The van der Waals surface area contributed by atoms with E-state index in [0.29, 0.717) is 32.0 Å². The first-order chi connectivity index (χ1) is 9.65. The lowest BCUT2D eigenvalue weighted by molar-refractivity contribution is 0.0759. The van der Waals surface area contributed by atoms with Crippen LogP contribution in [0.1, 0.15) is 29.9 Å². The van der Waals surface area contributed by atoms with Crippen molar-refractivity contribution < 1.29 is 14.6 Å². The molecular formula is C13H18N4O3. The Kier molecular flexibility index (Phi) is 3.54. The van der Waals surface area contributed by atoms with E-state index in [2.05, 4.69) is 16.4 Å². The van der Waals surface area contributed by atoms with Gasteiger partial charge in [-0.15, -0.1) is 5.10 Å². The molecule has 2 aliphatic rings. The zero-order chi connectivity index (χ0) is 14.1. The van der Waals surface area contributed by atoms with Gasteiger partial charge >= 0.3 is 0 Å². The second kappa shape index (κ2) is 5.34. The molecule has 1 aromatic heterocycles. The van der Waals surface area contributed by atoms with E-state index in [-0.39, 0.29) is 11.9 Å². The summed E-state index contributed by atoms with van der Waals surface area (Å²) in [6.45, 7) is 4.05. The van der Waals surface area contributed by atoms with Crippen LogP contribution < -0.4 is 0 Å². The number of amides is 1. The number of aromatic nitrogens is 3. The summed E-state index contributed by atoms with van der Waals surface area (Å²) < 4.78 is 6.71. The molecule has 0 spiro atoms. The average Bonchev–Trinajstić information content (AvgIpc) is 3.06. The van der Waals surface area contributed by atoms with Crippen LogP contribution in [-0.2, 0) is 4.74 Å². The first kappa shape index (κ1) is 13.3. The number of aliphatic hydroxyl groups excluding tert-OH is 1. The van der Waals surface area contributed by atoms with Gasteiger partial charge in [0.05, 0.1) is 19.4 Å². The average molecular weight is 278 g/mol. The molecule has 0 aliphatic carbocycles. The zero-order valence-corrected chi connectivity index (χ0v) is 11.4. The second-order valence-electron chi connectivity index (χ2n) is 5.32. The number of rotatable bonds is 2. The molecule has 1 amide bonds. The summed E-state index contributed by atoms with van der Waals surface area (Å²) in [5, 5.41) is 17.6. The fraction of sp³-hybridized carbons (Fsp3) is 0.615. The Morgan fingerprint density at radius 2 is 2.35 bits per heavy atom. The van der Waals surface area contributed by atoms with Crippen LogP contribution in [0.25, 0.3) is 0 Å². The lowest BCUT2D eigenvalue weighted by atomic mass is 10.1. The minimum absolute atomic E-state index is 0.114. The second-order valence-corrected chi connectivity index (χ2v) is 5.32. The highest BCUT2D eigenvalue weighted by Crippen LogP contribution is 2.19. The standard InChI is InChI=1S/C13H18N4O3/c1-9-3-2-4-16(5-9)13(19)10-6-17(15-14-10)11-7-20-8-12(11)18/h3,6,11-12,18H,2,4-5,7-8H2,1H3/t11-,12-/m1/s1. The summed E-state index contributed by atoms with van der Waals surface area (Å²) in [4.78, 5) is 14.1. The fourth-order valence-corrected chi connectivity index (χ4v) is 2.57. The summed E-state index contributed by atoms with van der Waals surface area (Å²) in [5.74, 6) is -0.114. The van der Waals surface area contributed by atoms with E-state index in [4.69, 9.17) is 4.74 Å². The monoisotopic (exact) mass is 278 g/mol. The Morgan fingerprint density at radius 3 is 3.05 bits per heavy atom. The topological polar surface area (TPSA) is 80.5 Å². The van der Waals surface area contributed by atoms with Crippen molar-refractivity contribution in [2.45, 2.75) is 25.5 Å². The van der Waals surface area contributed by atoms with Crippen molar-refractivity contribution in [3.05, 3.63) is 23.5 Å². The van der Waals surface area contributed by atoms with Gasteiger partial charge in [-0.05, 0) is 13.3 Å². The van der Waals surface area contributed by atoms with Gasteiger partial charge in [-0.2, -0.15) is 0 Å². The highest BCUT2D eigenvalue weighted by molar-refractivity contribution is 5.92. The molecule has 20 heavy (non-hydrogen) atoms. The van der Waals surface area contributed by atoms with E-state index < -0.39 is 6.10 Å². The number of carbonyl (C=O) groups is 1. The minimum atomic E-state index is -0.597. The molecule has 0 saturated carbocycles. The Hall–Kier alpha value is -1.73. The van der Waals surface area contributed by atoms with Gasteiger partial charge in [-0.1, -0.05) is 16.9 Å². The molecule has 2 aliphatic heterocycles. The molecule has 1 aromatic rings. The maximum absolute atomic E-state index is 12.3. The molecule has 1 saturated heterocycles. The largest absolute Gasteiger partial charge is 0.388 e. The number of carbonyl (C=O) groups excluding carboxylic acids is 1. The predicted octanol–water partition coefficient (Wildman–Crippen LogP) is 0.00250. The summed E-state index contributed by atoms with van der Waals surface area (Å²) in [6.07, 6.45) is 4.02. The highest BCUT2D eigenvalue weighted by Gasteiger charge is 2.30. The van der Waals surface area contributed by atoms with Crippen LogP contribution in [0.4, 0.5) is 0 Å². The third kappa shape index (κ3) is 2.46. The van der Waals surface area contributed by atoms with E-state index in [1.165, 1.54) is 10.3 Å². The van der Waals surface area contributed by atoms with Crippen molar-refractivity contribution >= 4 is 5.91 Å². The summed E-state index contributed by atoms with van der Waals surface area (Å²) >= 11 is 0. The number of hydrogen-bond acceptors (Lipinski definition) is 5. The molecular weight excluding hydrogens is 260 g/mol. The SMILES string of the molecule is CC1=CCCN(C(=O)c2cn([C@@H]3COC[C@H]3O)nn2)C1. The quantitative estimate of drug-likeness (QED) is 0.770. The molecule has 7 nitrogen and oxygen atoms in total. The van der Waals surface area contributed by atoms with Crippen molar-refractivity contribution in [3.63, 3.8) is 0 Å². The molecule has 0 aromatic carbocycles. The van der Waals surface area contributed by atoms with E-state index in [1.807, 2.05) is 6.92 Å². The Labute approximate surface area is 116 Å². The van der Waals surface area contributed by atoms with Crippen LogP contribution in [0.15, 0.2) is 17.8 Å². The van der Waals surface area contributed by atoms with Gasteiger partial charge in [0.25, 0.3) is 5.91 Å². The predicted molar refractivity (Wildman–Crippen MR) is 70.2 cm³/mol. The van der Waals surface area contributed by atoms with Gasteiger partial charge in [-0.25, -0.2) is 4.68 Å². The van der Waals surface area contributed by atoms with Gasteiger partial charge in [0, 0.05) is 13.1 Å². The van der Waals surface area contributed by atoms with E-state index in [1.54, 1.807) is 11.1 Å². The maximum Gasteiger partial charge on any atom is 0.276 e. The van der Waals surface area contributed by atoms with Gasteiger partial charge in [0.1, 0.15) is 12.1 Å². The van der Waals surface area contributed by atoms with Crippen LogP contribution >= 0.6 is 0 Å². The number of nitrogens with zero attached hydrogens (tertiary/aromatic N) is 4. The smallest absolute Gasteiger partial charge is 0.276 e. The summed E-state index contributed by atoms with van der Waals surface area (Å²) in [5.41, 5.74) is 1.51. The first-order valence-electron chi connectivity index (χ1n) is 6.77. The zero-order valence-electron chi connectivity index (χ0n) is 11.4. The third-order valence-electron chi connectivity index (χ3n) is 3.71. The van der Waals surface area contributed by atoms with Gasteiger partial charge in [0.2, 0.25) is 0 Å².